The molecule has 0 saturated carbocycles. The summed E-state index contributed by atoms with van der Waals surface area (Å²) < 4.78 is 1.25. The van der Waals surface area contributed by atoms with E-state index in [1.807, 2.05) is 0 Å². The first-order chi connectivity index (χ1) is 21.3. The number of fused-ring (bicyclic) bond motifs is 7. The van der Waals surface area contributed by atoms with Gasteiger partial charge in [0, 0.05) is 10.9 Å². The Morgan fingerprint density at radius 3 is 1.58 bits per heavy atom. The summed E-state index contributed by atoms with van der Waals surface area (Å²) >= 11 is 1.79. The Balaban J connectivity index is 1.31. The Morgan fingerprint density at radius 1 is 0.395 bits per heavy atom. The van der Waals surface area contributed by atoms with Crippen LogP contribution in [-0.2, 0) is 0 Å². The van der Waals surface area contributed by atoms with E-state index in [0.717, 1.165) is 16.1 Å². The van der Waals surface area contributed by atoms with Crippen LogP contribution in [0, 0.1) is 0 Å². The van der Waals surface area contributed by atoms with Crippen molar-refractivity contribution in [3.63, 3.8) is 0 Å². The Labute approximate surface area is 253 Å². The molecule has 0 aliphatic heterocycles. The van der Waals surface area contributed by atoms with Gasteiger partial charge in [-0.3, -0.25) is 0 Å². The highest BCUT2D eigenvalue weighted by molar-refractivity contribution is 7.22. The van der Waals surface area contributed by atoms with Crippen LogP contribution >= 0.6 is 11.3 Å². The number of benzene rings is 8. The number of aromatic nitrogens is 1. The molecule has 1 aromatic heterocycles. The van der Waals surface area contributed by atoms with Crippen LogP contribution in [-0.4, -0.2) is 4.98 Å². The summed E-state index contributed by atoms with van der Waals surface area (Å²) in [6.07, 6.45) is 0. The first kappa shape index (κ1) is 24.3. The smallest absolute Gasteiger partial charge is 0.124 e. The quantitative estimate of drug-likeness (QED) is 0.154. The average molecular weight is 564 g/mol. The molecule has 8 aromatic carbocycles. The van der Waals surface area contributed by atoms with Crippen molar-refractivity contribution in [3.8, 4) is 32.8 Å². The standard InChI is InChI=1S/C41H25NS/c1-3-11-26(12-4-1)37-32-15-7-9-17-34(32)38(35-18-10-8-16-33(35)37)30-21-23-31-29(25-30)20-19-27-22-24-36-40(39(27)31)43-41(42-36)28-13-5-2-6-14-28/h1-25H. The molecular formula is C41H25NS. The molecule has 1 nitrogen and oxygen atoms in total. The van der Waals surface area contributed by atoms with Gasteiger partial charge in [0.25, 0.3) is 0 Å². The molecule has 0 spiro atoms. The van der Waals surface area contributed by atoms with E-state index in [0.29, 0.717) is 0 Å². The van der Waals surface area contributed by atoms with Crippen molar-refractivity contribution in [2.45, 2.75) is 0 Å². The van der Waals surface area contributed by atoms with Crippen molar-refractivity contribution in [2.75, 3.05) is 0 Å². The fourth-order valence-electron chi connectivity index (χ4n) is 6.75. The highest BCUT2D eigenvalue weighted by atomic mass is 32.1. The summed E-state index contributed by atoms with van der Waals surface area (Å²) in [6.45, 7) is 0. The van der Waals surface area contributed by atoms with Gasteiger partial charge in [-0.15, -0.1) is 11.3 Å². The van der Waals surface area contributed by atoms with E-state index < -0.39 is 0 Å². The number of nitrogens with zero attached hydrogens (tertiary/aromatic N) is 1. The lowest BCUT2D eigenvalue weighted by atomic mass is 9.85. The molecule has 9 aromatic rings. The van der Waals surface area contributed by atoms with Crippen LogP contribution in [0.1, 0.15) is 0 Å². The molecule has 0 saturated heterocycles. The van der Waals surface area contributed by atoms with Gasteiger partial charge in [0.2, 0.25) is 0 Å². The van der Waals surface area contributed by atoms with E-state index in [-0.39, 0.29) is 0 Å². The molecule has 0 bridgehead atoms. The maximum atomic E-state index is 5.03. The number of hydrogen-bond donors (Lipinski definition) is 0. The van der Waals surface area contributed by atoms with E-state index in [1.54, 1.807) is 11.3 Å². The van der Waals surface area contributed by atoms with Crippen LogP contribution in [0.25, 0.3) is 86.1 Å². The minimum atomic E-state index is 1.06. The molecule has 0 amide bonds. The molecular weight excluding hydrogens is 539 g/mol. The van der Waals surface area contributed by atoms with Crippen LogP contribution in [0.2, 0.25) is 0 Å². The van der Waals surface area contributed by atoms with Gasteiger partial charge >= 0.3 is 0 Å². The highest BCUT2D eigenvalue weighted by Crippen LogP contribution is 2.45. The van der Waals surface area contributed by atoms with Crippen LogP contribution in [0.3, 0.4) is 0 Å². The van der Waals surface area contributed by atoms with Crippen molar-refractivity contribution in [2.24, 2.45) is 0 Å². The average Bonchev–Trinajstić information content (AvgIpc) is 3.52. The van der Waals surface area contributed by atoms with Crippen molar-refractivity contribution in [3.05, 3.63) is 152 Å². The zero-order chi connectivity index (χ0) is 28.3. The Morgan fingerprint density at radius 2 is 0.930 bits per heavy atom. The Kier molecular flexibility index (Phi) is 5.44. The van der Waals surface area contributed by atoms with Gasteiger partial charge in [0.15, 0.2) is 0 Å². The van der Waals surface area contributed by atoms with Gasteiger partial charge in [-0.05, 0) is 72.1 Å². The number of rotatable bonds is 3. The highest BCUT2D eigenvalue weighted by Gasteiger charge is 2.17. The zero-order valence-corrected chi connectivity index (χ0v) is 24.1. The molecule has 0 atom stereocenters. The van der Waals surface area contributed by atoms with Gasteiger partial charge in [-0.1, -0.05) is 140 Å². The molecule has 0 N–H and O–H groups in total. The van der Waals surface area contributed by atoms with Crippen molar-refractivity contribution >= 4 is 64.6 Å². The van der Waals surface area contributed by atoms with E-state index in [9.17, 15) is 0 Å². The molecule has 9 rings (SSSR count). The van der Waals surface area contributed by atoms with Crippen LogP contribution < -0.4 is 0 Å². The lowest BCUT2D eigenvalue weighted by molar-refractivity contribution is 1.48. The fourth-order valence-corrected chi connectivity index (χ4v) is 7.89. The third kappa shape index (κ3) is 3.81. The van der Waals surface area contributed by atoms with Crippen LogP contribution in [0.4, 0.5) is 0 Å². The monoisotopic (exact) mass is 563 g/mol. The maximum absolute atomic E-state index is 5.03. The summed E-state index contributed by atoms with van der Waals surface area (Å²) in [7, 11) is 0. The molecule has 200 valence electrons. The Bertz CT molecular complexity index is 2430. The molecule has 1 heterocycles. The van der Waals surface area contributed by atoms with Gasteiger partial charge in [-0.2, -0.15) is 0 Å². The van der Waals surface area contributed by atoms with Gasteiger partial charge in [-0.25, -0.2) is 4.98 Å². The van der Waals surface area contributed by atoms with Gasteiger partial charge < -0.3 is 0 Å². The number of thiazole rings is 1. The van der Waals surface area contributed by atoms with Crippen LogP contribution in [0.5, 0.6) is 0 Å². The summed E-state index contributed by atoms with van der Waals surface area (Å²) in [5.74, 6) is 0. The molecule has 0 radical (unpaired) electrons. The first-order valence-electron chi connectivity index (χ1n) is 14.6. The minimum absolute atomic E-state index is 1.06. The maximum Gasteiger partial charge on any atom is 0.124 e. The minimum Gasteiger partial charge on any atom is -0.236 e. The van der Waals surface area contributed by atoms with Gasteiger partial charge in [0.05, 0.1) is 10.2 Å². The summed E-state index contributed by atoms with van der Waals surface area (Å²) in [5, 5.41) is 11.2. The normalized spacial score (nSPS) is 11.7. The number of hydrogen-bond acceptors (Lipinski definition) is 2. The second-order valence-electron chi connectivity index (χ2n) is 11.1. The molecule has 2 heteroatoms. The van der Waals surface area contributed by atoms with E-state index in [4.69, 9.17) is 4.98 Å². The van der Waals surface area contributed by atoms with Crippen molar-refractivity contribution in [1.82, 2.24) is 4.98 Å². The van der Waals surface area contributed by atoms with E-state index in [1.165, 1.54) is 70.0 Å². The van der Waals surface area contributed by atoms with E-state index in [2.05, 4.69) is 152 Å². The molecule has 0 fully saturated rings. The lowest BCUT2D eigenvalue weighted by Gasteiger charge is -2.18. The second kappa shape index (κ2) is 9.62. The SMILES string of the molecule is c1ccc(-c2nc3ccc4ccc5cc(-c6c7ccccc7c(-c7ccccc7)c7ccccc67)ccc5c4c3s2)cc1. The van der Waals surface area contributed by atoms with Crippen molar-refractivity contribution in [1.29, 1.82) is 0 Å². The van der Waals surface area contributed by atoms with Crippen molar-refractivity contribution < 1.29 is 0 Å². The lowest BCUT2D eigenvalue weighted by Crippen LogP contribution is -1.91. The molecule has 43 heavy (non-hydrogen) atoms. The Hall–Kier alpha value is -5.31. The summed E-state index contributed by atoms with van der Waals surface area (Å²) in [4.78, 5) is 5.03. The molecule has 0 unspecified atom stereocenters. The van der Waals surface area contributed by atoms with Crippen LogP contribution in [0.15, 0.2) is 152 Å². The third-order valence-corrected chi connectivity index (χ3v) is 9.79. The van der Waals surface area contributed by atoms with E-state index >= 15 is 0 Å². The topological polar surface area (TPSA) is 12.9 Å². The largest absolute Gasteiger partial charge is 0.236 e. The predicted molar refractivity (Wildman–Crippen MR) is 186 cm³/mol. The fraction of sp³-hybridized carbons (Fsp3) is 0. The third-order valence-electron chi connectivity index (χ3n) is 8.66. The second-order valence-corrected chi connectivity index (χ2v) is 12.1. The summed E-state index contributed by atoms with van der Waals surface area (Å²) in [5.41, 5.74) is 7.29. The predicted octanol–water partition coefficient (Wildman–Crippen LogP) is 11.9. The molecule has 0 aliphatic carbocycles. The zero-order valence-electron chi connectivity index (χ0n) is 23.3. The van der Waals surface area contributed by atoms with Gasteiger partial charge in [0.1, 0.15) is 5.01 Å². The first-order valence-corrected chi connectivity index (χ1v) is 15.5. The summed E-state index contributed by atoms with van der Waals surface area (Å²) in [6, 6.07) is 54.9. The molecule has 0 aliphatic rings.